The van der Waals surface area contributed by atoms with Gasteiger partial charge in [0, 0.05) is 17.6 Å². The van der Waals surface area contributed by atoms with Gasteiger partial charge in [-0.15, -0.1) is 11.3 Å². The summed E-state index contributed by atoms with van der Waals surface area (Å²) >= 11 is 7.52. The zero-order valence-electron chi connectivity index (χ0n) is 17.7. The highest BCUT2D eigenvalue weighted by atomic mass is 35.5. The van der Waals surface area contributed by atoms with E-state index in [0.29, 0.717) is 27.7 Å². The van der Waals surface area contributed by atoms with Gasteiger partial charge >= 0.3 is 6.18 Å². The fourth-order valence-electron chi connectivity index (χ4n) is 4.10. The number of alkyl halides is 3. The summed E-state index contributed by atoms with van der Waals surface area (Å²) < 4.78 is 41.3. The Labute approximate surface area is 196 Å². The molecule has 0 aliphatic carbocycles. The van der Waals surface area contributed by atoms with Gasteiger partial charge in [-0.1, -0.05) is 11.6 Å². The van der Waals surface area contributed by atoms with Crippen LogP contribution < -0.4 is 16.0 Å². The van der Waals surface area contributed by atoms with Gasteiger partial charge in [-0.05, 0) is 56.1 Å². The van der Waals surface area contributed by atoms with Crippen LogP contribution in [0.25, 0.3) is 10.6 Å². The highest BCUT2D eigenvalue weighted by Gasteiger charge is 2.40. The van der Waals surface area contributed by atoms with Gasteiger partial charge in [0.2, 0.25) is 5.95 Å². The molecule has 5 rings (SSSR count). The van der Waals surface area contributed by atoms with E-state index >= 15 is 0 Å². The predicted molar refractivity (Wildman–Crippen MR) is 121 cm³/mol. The van der Waals surface area contributed by atoms with Crippen LogP contribution in [0.2, 0.25) is 5.02 Å². The average Bonchev–Trinajstić information content (AvgIpc) is 3.27. The molecule has 2 aromatic heterocycles. The van der Waals surface area contributed by atoms with Crippen molar-refractivity contribution in [2.24, 2.45) is 0 Å². The van der Waals surface area contributed by atoms with E-state index in [-0.39, 0.29) is 22.4 Å². The number of carbonyl (C=O) groups is 1. The average molecular weight is 494 g/mol. The van der Waals surface area contributed by atoms with Crippen molar-refractivity contribution in [3.8, 4) is 10.6 Å². The number of thiophene rings is 1. The SMILES string of the molecule is CC1(C)NC(=O)c2cc(-c3nc(Nc4cc5c(cc4Cl)CNCC5)ncc3C(F)(F)F)sc21. The summed E-state index contributed by atoms with van der Waals surface area (Å²) in [6.45, 7) is 5.16. The molecule has 6 nitrogen and oxygen atoms in total. The van der Waals surface area contributed by atoms with Crippen LogP contribution in [0, 0.1) is 0 Å². The third-order valence-corrected chi connectivity index (χ3v) is 7.50. The maximum atomic E-state index is 13.8. The van der Waals surface area contributed by atoms with Crippen LogP contribution in [0.5, 0.6) is 0 Å². The lowest BCUT2D eigenvalue weighted by Crippen LogP contribution is -2.32. The minimum Gasteiger partial charge on any atom is -0.342 e. The summed E-state index contributed by atoms with van der Waals surface area (Å²) in [6, 6.07) is 5.18. The molecule has 0 spiro atoms. The van der Waals surface area contributed by atoms with Crippen molar-refractivity contribution in [3.05, 3.63) is 56.5 Å². The minimum absolute atomic E-state index is 0.00828. The number of fused-ring (bicyclic) bond motifs is 2. The first-order chi connectivity index (χ1) is 15.5. The Morgan fingerprint density at radius 1 is 1.21 bits per heavy atom. The molecule has 1 amide bonds. The fraction of sp³-hybridized carbons (Fsp3) is 0.318. The van der Waals surface area contributed by atoms with Crippen LogP contribution >= 0.6 is 22.9 Å². The van der Waals surface area contributed by atoms with Crippen molar-refractivity contribution in [1.29, 1.82) is 0 Å². The number of aromatic nitrogens is 2. The van der Waals surface area contributed by atoms with E-state index in [0.717, 1.165) is 41.6 Å². The normalized spacial score (nSPS) is 16.8. The van der Waals surface area contributed by atoms with Crippen molar-refractivity contribution in [2.45, 2.75) is 38.5 Å². The Morgan fingerprint density at radius 3 is 2.73 bits per heavy atom. The molecule has 0 fully saturated rings. The zero-order valence-corrected chi connectivity index (χ0v) is 19.2. The number of amides is 1. The first kappa shape index (κ1) is 22.1. The summed E-state index contributed by atoms with van der Waals surface area (Å²) in [6.07, 6.45) is -3.08. The lowest BCUT2D eigenvalue weighted by atomic mass is 10.0. The summed E-state index contributed by atoms with van der Waals surface area (Å²) in [4.78, 5) is 21.3. The lowest BCUT2D eigenvalue weighted by molar-refractivity contribution is -0.137. The molecule has 2 aliphatic rings. The summed E-state index contributed by atoms with van der Waals surface area (Å²) in [5.41, 5.74) is 1.18. The number of anilines is 2. The Balaban J connectivity index is 1.57. The summed E-state index contributed by atoms with van der Waals surface area (Å²) in [7, 11) is 0. The van der Waals surface area contributed by atoms with E-state index in [1.54, 1.807) is 0 Å². The van der Waals surface area contributed by atoms with E-state index in [4.69, 9.17) is 11.6 Å². The molecule has 0 saturated carbocycles. The number of benzene rings is 1. The molecule has 0 unspecified atom stereocenters. The van der Waals surface area contributed by atoms with Crippen LogP contribution in [0.1, 0.15) is 45.8 Å². The van der Waals surface area contributed by atoms with Crippen molar-refractivity contribution in [1.82, 2.24) is 20.6 Å². The Morgan fingerprint density at radius 2 is 2.00 bits per heavy atom. The molecule has 0 saturated heterocycles. The van der Waals surface area contributed by atoms with Gasteiger partial charge in [-0.25, -0.2) is 9.97 Å². The maximum absolute atomic E-state index is 13.8. The van der Waals surface area contributed by atoms with E-state index in [1.807, 2.05) is 26.0 Å². The number of hydrogen-bond donors (Lipinski definition) is 3. The quantitative estimate of drug-likeness (QED) is 0.465. The van der Waals surface area contributed by atoms with Crippen LogP contribution in [0.4, 0.5) is 24.8 Å². The topological polar surface area (TPSA) is 78.9 Å². The molecule has 0 bridgehead atoms. The van der Waals surface area contributed by atoms with Gasteiger partial charge in [-0.3, -0.25) is 4.79 Å². The number of nitrogens with one attached hydrogen (secondary N) is 3. The molecule has 0 atom stereocenters. The smallest absolute Gasteiger partial charge is 0.342 e. The van der Waals surface area contributed by atoms with E-state index in [2.05, 4.69) is 25.9 Å². The molecular formula is C22H19ClF3N5OS. The molecule has 1 aromatic carbocycles. The van der Waals surface area contributed by atoms with Crippen LogP contribution in [-0.4, -0.2) is 22.4 Å². The van der Waals surface area contributed by atoms with E-state index in [9.17, 15) is 18.0 Å². The number of nitrogens with zero attached hydrogens (tertiary/aromatic N) is 2. The summed E-state index contributed by atoms with van der Waals surface area (Å²) in [5, 5.41) is 9.49. The van der Waals surface area contributed by atoms with Gasteiger partial charge in [-0.2, -0.15) is 13.2 Å². The molecule has 3 N–H and O–H groups in total. The summed E-state index contributed by atoms with van der Waals surface area (Å²) in [5.74, 6) is -0.320. The molecule has 0 radical (unpaired) electrons. The second-order valence-corrected chi connectivity index (χ2v) is 10.00. The van der Waals surface area contributed by atoms with E-state index < -0.39 is 17.3 Å². The first-order valence-electron chi connectivity index (χ1n) is 10.2. The molecule has 2 aliphatic heterocycles. The number of carbonyl (C=O) groups excluding carboxylic acids is 1. The third kappa shape index (κ3) is 3.96. The standard InChI is InChI=1S/C22H19ClF3N5OS/c1-21(2)18-12(19(32)31-21)7-16(33-18)17-13(22(24,25)26)9-28-20(30-17)29-15-6-10-3-4-27-8-11(10)5-14(15)23/h5-7,9,27H,3-4,8H2,1-2H3,(H,31,32)(H,28,29,30). The Bertz CT molecular complexity index is 1290. The van der Waals surface area contributed by atoms with Gasteiger partial charge in [0.25, 0.3) is 5.91 Å². The largest absolute Gasteiger partial charge is 0.420 e. The molecule has 172 valence electrons. The van der Waals surface area contributed by atoms with Gasteiger partial charge in [0.05, 0.1) is 32.4 Å². The Hall–Kier alpha value is -2.69. The minimum atomic E-state index is -4.66. The first-order valence-corrected chi connectivity index (χ1v) is 11.4. The van der Waals surface area contributed by atoms with Crippen molar-refractivity contribution in [2.75, 3.05) is 11.9 Å². The molecule has 33 heavy (non-hydrogen) atoms. The highest BCUT2D eigenvalue weighted by Crippen LogP contribution is 2.44. The van der Waals surface area contributed by atoms with Gasteiger partial charge in [0.1, 0.15) is 5.56 Å². The van der Waals surface area contributed by atoms with Crippen LogP contribution in [0.3, 0.4) is 0 Å². The molecular weight excluding hydrogens is 475 g/mol. The zero-order chi connectivity index (χ0) is 23.5. The number of rotatable bonds is 3. The fourth-order valence-corrected chi connectivity index (χ4v) is 5.56. The molecule has 4 heterocycles. The predicted octanol–water partition coefficient (Wildman–Crippen LogP) is 5.25. The Kier molecular flexibility index (Phi) is 5.15. The number of halogens is 4. The van der Waals surface area contributed by atoms with Crippen molar-refractivity contribution >= 4 is 40.5 Å². The van der Waals surface area contributed by atoms with Gasteiger partial charge < -0.3 is 16.0 Å². The van der Waals surface area contributed by atoms with Crippen LogP contribution in [0.15, 0.2) is 24.4 Å². The second-order valence-electron chi connectivity index (χ2n) is 8.54. The van der Waals surface area contributed by atoms with Crippen molar-refractivity contribution < 1.29 is 18.0 Å². The molecule has 3 aromatic rings. The number of hydrogen-bond acceptors (Lipinski definition) is 6. The van der Waals surface area contributed by atoms with Crippen LogP contribution in [-0.2, 0) is 24.7 Å². The van der Waals surface area contributed by atoms with Crippen molar-refractivity contribution in [3.63, 3.8) is 0 Å². The van der Waals surface area contributed by atoms with Gasteiger partial charge in [0.15, 0.2) is 0 Å². The monoisotopic (exact) mass is 493 g/mol. The maximum Gasteiger partial charge on any atom is 0.420 e. The van der Waals surface area contributed by atoms with E-state index in [1.165, 1.54) is 6.07 Å². The highest BCUT2D eigenvalue weighted by molar-refractivity contribution is 7.16. The second kappa shape index (κ2) is 7.68. The third-order valence-electron chi connectivity index (χ3n) is 5.72. The molecule has 11 heteroatoms. The lowest BCUT2D eigenvalue weighted by Gasteiger charge is -2.19.